The highest BCUT2D eigenvalue weighted by atomic mass is 19.1. The number of nitrogens with zero attached hydrogens (tertiary/aromatic N) is 1. The maximum Gasteiger partial charge on any atom is 0.310 e. The topological polar surface area (TPSA) is 50.1 Å². The fourth-order valence-electron chi connectivity index (χ4n) is 1.67. The van der Waals surface area contributed by atoms with Gasteiger partial charge in [-0.05, 0) is 30.5 Å². The van der Waals surface area contributed by atoms with Gasteiger partial charge in [0.2, 0.25) is 0 Å². The second kappa shape index (κ2) is 6.00. The van der Waals surface area contributed by atoms with Gasteiger partial charge in [-0.15, -0.1) is 0 Å². The minimum absolute atomic E-state index is 0.0579. The van der Waals surface area contributed by atoms with E-state index in [2.05, 4.69) is 0 Å². The number of nitriles is 1. The molecular weight excluding hydrogens is 221 g/mol. The molecule has 1 rings (SSSR count). The summed E-state index contributed by atoms with van der Waals surface area (Å²) in [6, 6.07) is 4.66. The summed E-state index contributed by atoms with van der Waals surface area (Å²) in [6.45, 7) is 3.87. The van der Waals surface area contributed by atoms with Crippen LogP contribution in [0.5, 0.6) is 0 Å². The van der Waals surface area contributed by atoms with E-state index in [9.17, 15) is 9.18 Å². The van der Waals surface area contributed by atoms with Crippen LogP contribution in [0.25, 0.3) is 0 Å². The molecule has 90 valence electrons. The van der Waals surface area contributed by atoms with Crippen LogP contribution in [-0.2, 0) is 22.4 Å². The smallest absolute Gasteiger partial charge is 0.310 e. The molecule has 0 heterocycles. The molecule has 1 aromatic carbocycles. The average Bonchev–Trinajstić information content (AvgIpc) is 2.30. The molecule has 0 unspecified atom stereocenters. The summed E-state index contributed by atoms with van der Waals surface area (Å²) < 4.78 is 18.2. The Labute approximate surface area is 99.8 Å². The number of benzene rings is 1. The zero-order valence-electron chi connectivity index (χ0n) is 9.92. The van der Waals surface area contributed by atoms with Crippen molar-refractivity contribution >= 4 is 5.97 Å². The summed E-state index contributed by atoms with van der Waals surface area (Å²) in [6.07, 6.45) is 0.585. The highest BCUT2D eigenvalue weighted by molar-refractivity contribution is 5.74. The molecule has 0 saturated carbocycles. The third kappa shape index (κ3) is 3.04. The normalized spacial score (nSPS) is 9.76. The molecule has 0 radical (unpaired) electrons. The van der Waals surface area contributed by atoms with Gasteiger partial charge in [0.1, 0.15) is 11.9 Å². The molecule has 0 fully saturated rings. The molecule has 0 aromatic heterocycles. The molecular formula is C13H14FNO2. The van der Waals surface area contributed by atoms with Crippen molar-refractivity contribution in [2.75, 3.05) is 6.61 Å². The van der Waals surface area contributed by atoms with Gasteiger partial charge < -0.3 is 4.74 Å². The van der Waals surface area contributed by atoms with Gasteiger partial charge in [0.05, 0.1) is 18.6 Å². The van der Waals surface area contributed by atoms with Crippen molar-refractivity contribution in [3.05, 3.63) is 34.6 Å². The Morgan fingerprint density at radius 3 is 2.71 bits per heavy atom. The lowest BCUT2D eigenvalue weighted by atomic mass is 9.97. The van der Waals surface area contributed by atoms with Crippen LogP contribution in [0.15, 0.2) is 12.1 Å². The molecule has 0 spiro atoms. The minimum atomic E-state index is -0.594. The summed E-state index contributed by atoms with van der Waals surface area (Å²) in [5.74, 6) is -1.03. The molecule has 0 N–H and O–H groups in total. The summed E-state index contributed by atoms with van der Waals surface area (Å²) >= 11 is 0. The SMILES string of the molecule is CCOC(=O)Cc1c(CC)ccc(F)c1C#N. The second-order valence-corrected chi connectivity index (χ2v) is 3.51. The molecule has 0 atom stereocenters. The Kier molecular flexibility index (Phi) is 4.65. The maximum atomic E-state index is 13.4. The Bertz CT molecular complexity index is 463. The third-order valence-corrected chi connectivity index (χ3v) is 2.48. The van der Waals surface area contributed by atoms with Gasteiger partial charge in [-0.25, -0.2) is 4.39 Å². The van der Waals surface area contributed by atoms with Crippen LogP contribution in [0.3, 0.4) is 0 Å². The van der Waals surface area contributed by atoms with Gasteiger partial charge in [0, 0.05) is 0 Å². The van der Waals surface area contributed by atoms with Gasteiger partial charge >= 0.3 is 5.97 Å². The first-order chi connectivity index (χ1) is 8.13. The van der Waals surface area contributed by atoms with Crippen LogP contribution < -0.4 is 0 Å². The van der Waals surface area contributed by atoms with Gasteiger partial charge in [-0.2, -0.15) is 5.26 Å². The van der Waals surface area contributed by atoms with Crippen molar-refractivity contribution < 1.29 is 13.9 Å². The van der Waals surface area contributed by atoms with Crippen molar-refractivity contribution in [1.82, 2.24) is 0 Å². The van der Waals surface area contributed by atoms with Crippen LogP contribution in [0.4, 0.5) is 4.39 Å². The van der Waals surface area contributed by atoms with E-state index in [1.807, 2.05) is 6.92 Å². The first kappa shape index (κ1) is 13.2. The molecule has 0 aliphatic carbocycles. The molecule has 0 bridgehead atoms. The first-order valence-corrected chi connectivity index (χ1v) is 5.50. The van der Waals surface area contributed by atoms with Crippen molar-refractivity contribution in [1.29, 1.82) is 5.26 Å². The molecule has 0 saturated heterocycles. The first-order valence-electron chi connectivity index (χ1n) is 5.50. The molecule has 0 amide bonds. The molecule has 3 nitrogen and oxygen atoms in total. The monoisotopic (exact) mass is 235 g/mol. The highest BCUT2D eigenvalue weighted by Crippen LogP contribution is 2.19. The zero-order chi connectivity index (χ0) is 12.8. The summed E-state index contributed by atoms with van der Waals surface area (Å²) in [7, 11) is 0. The largest absolute Gasteiger partial charge is 0.466 e. The molecule has 0 aliphatic heterocycles. The van der Waals surface area contributed by atoms with E-state index in [-0.39, 0.29) is 18.6 Å². The van der Waals surface area contributed by atoms with Gasteiger partial charge in [0.15, 0.2) is 0 Å². The fraction of sp³-hybridized carbons (Fsp3) is 0.385. The fourth-order valence-corrected chi connectivity index (χ4v) is 1.67. The lowest BCUT2D eigenvalue weighted by molar-refractivity contribution is -0.142. The summed E-state index contributed by atoms with van der Waals surface area (Å²) in [4.78, 5) is 11.4. The van der Waals surface area contributed by atoms with Crippen LogP contribution in [0.2, 0.25) is 0 Å². The highest BCUT2D eigenvalue weighted by Gasteiger charge is 2.16. The Balaban J connectivity index is 3.15. The Morgan fingerprint density at radius 2 is 2.18 bits per heavy atom. The zero-order valence-corrected chi connectivity index (χ0v) is 9.92. The summed E-state index contributed by atoms with van der Waals surface area (Å²) in [5.41, 5.74) is 1.18. The number of aryl methyl sites for hydroxylation is 1. The Morgan fingerprint density at radius 1 is 1.47 bits per heavy atom. The molecule has 17 heavy (non-hydrogen) atoms. The van der Waals surface area contributed by atoms with E-state index in [0.29, 0.717) is 12.0 Å². The van der Waals surface area contributed by atoms with Crippen LogP contribution in [0, 0.1) is 17.1 Å². The molecule has 1 aromatic rings. The van der Waals surface area contributed by atoms with Crippen molar-refractivity contribution in [2.24, 2.45) is 0 Å². The third-order valence-electron chi connectivity index (χ3n) is 2.48. The van der Waals surface area contributed by atoms with Crippen molar-refractivity contribution in [3.8, 4) is 6.07 Å². The Hall–Kier alpha value is -1.89. The van der Waals surface area contributed by atoms with Crippen molar-refractivity contribution in [2.45, 2.75) is 26.7 Å². The lowest BCUT2D eigenvalue weighted by Crippen LogP contribution is -2.11. The van der Waals surface area contributed by atoms with E-state index in [1.54, 1.807) is 19.1 Å². The van der Waals surface area contributed by atoms with Crippen LogP contribution in [0.1, 0.15) is 30.5 Å². The standard InChI is InChI=1S/C13H14FNO2/c1-3-9-5-6-12(14)11(8-15)10(9)7-13(16)17-4-2/h5-6H,3-4,7H2,1-2H3. The lowest BCUT2D eigenvalue weighted by Gasteiger charge is -2.10. The average molecular weight is 235 g/mol. The number of ether oxygens (including phenoxy) is 1. The van der Waals surface area contributed by atoms with Gasteiger partial charge in [0.25, 0.3) is 0 Å². The van der Waals surface area contributed by atoms with E-state index >= 15 is 0 Å². The molecule has 4 heteroatoms. The van der Waals surface area contributed by atoms with Crippen LogP contribution in [-0.4, -0.2) is 12.6 Å². The van der Waals surface area contributed by atoms with Gasteiger partial charge in [-0.3, -0.25) is 4.79 Å². The maximum absolute atomic E-state index is 13.4. The number of carbonyl (C=O) groups is 1. The second-order valence-electron chi connectivity index (χ2n) is 3.51. The molecule has 0 aliphatic rings. The number of hydrogen-bond donors (Lipinski definition) is 0. The van der Waals surface area contributed by atoms with Gasteiger partial charge in [-0.1, -0.05) is 13.0 Å². The van der Waals surface area contributed by atoms with E-state index in [4.69, 9.17) is 10.00 Å². The predicted octanol–water partition coefficient (Wildman–Crippen LogP) is 2.37. The quantitative estimate of drug-likeness (QED) is 0.753. The number of hydrogen-bond acceptors (Lipinski definition) is 3. The predicted molar refractivity (Wildman–Crippen MR) is 60.8 cm³/mol. The summed E-state index contributed by atoms with van der Waals surface area (Å²) in [5, 5.41) is 8.92. The number of rotatable bonds is 4. The van der Waals surface area contributed by atoms with E-state index in [1.165, 1.54) is 6.07 Å². The van der Waals surface area contributed by atoms with E-state index in [0.717, 1.165) is 5.56 Å². The number of esters is 1. The van der Waals surface area contributed by atoms with E-state index < -0.39 is 11.8 Å². The minimum Gasteiger partial charge on any atom is -0.466 e. The van der Waals surface area contributed by atoms with Crippen LogP contribution >= 0.6 is 0 Å². The van der Waals surface area contributed by atoms with Crippen molar-refractivity contribution in [3.63, 3.8) is 0 Å². The number of carbonyl (C=O) groups excluding carboxylic acids is 1. The number of halogens is 1.